The zero-order valence-corrected chi connectivity index (χ0v) is 21.8. The van der Waals surface area contributed by atoms with Gasteiger partial charge in [0.1, 0.15) is 0 Å². The summed E-state index contributed by atoms with van der Waals surface area (Å²) in [5, 5.41) is 17.2. The van der Waals surface area contributed by atoms with Gasteiger partial charge in [-0.2, -0.15) is 10.4 Å². The fourth-order valence-corrected chi connectivity index (χ4v) is 5.93. The SMILES string of the molecule is Cc1ccc(NC(=O)c2cccc(C(C)(C)C#N)c2)cc1-n1cc(C2C=NC=CC2C2C3COCC32)cn1. The largest absolute Gasteiger partial charge is 0.381 e. The molecule has 7 nitrogen and oxygen atoms in total. The second-order valence-electron chi connectivity index (χ2n) is 11.2. The predicted octanol–water partition coefficient (Wildman–Crippen LogP) is 5.42. The second-order valence-corrected chi connectivity index (χ2v) is 11.2. The molecule has 0 bridgehead atoms. The highest BCUT2D eigenvalue weighted by Crippen LogP contribution is 2.58. The number of amides is 1. The van der Waals surface area contributed by atoms with Crippen molar-refractivity contribution in [2.75, 3.05) is 18.5 Å². The fraction of sp³-hybridized carbons (Fsp3) is 0.355. The standard InChI is InChI=1S/C31H31N5O2/c1-19-7-8-23(35-30(37)20-5-4-6-22(11-20)31(2,3)18-32)12-28(19)36-15-21(13-34-36)25-14-33-10-9-24(25)29-26-16-38-17-27(26)29/h4-15,24-27,29H,16-17H2,1-3H3,(H,35,37). The number of ether oxygens (including phenoxy) is 1. The number of carbonyl (C=O) groups is 1. The summed E-state index contributed by atoms with van der Waals surface area (Å²) < 4.78 is 7.50. The van der Waals surface area contributed by atoms with Crippen LogP contribution in [0.15, 0.2) is 72.1 Å². The lowest BCUT2D eigenvalue weighted by molar-refractivity contribution is 0.102. The normalized spacial score (nSPS) is 25.6. The number of aromatic nitrogens is 2. The van der Waals surface area contributed by atoms with Gasteiger partial charge < -0.3 is 10.1 Å². The number of benzene rings is 2. The first-order valence-electron chi connectivity index (χ1n) is 13.1. The quantitative estimate of drug-likeness (QED) is 0.484. The number of nitriles is 1. The van der Waals surface area contributed by atoms with Crippen LogP contribution >= 0.6 is 0 Å². The Balaban J connectivity index is 1.22. The third kappa shape index (κ3) is 4.35. The highest BCUT2D eigenvalue weighted by Gasteiger charge is 2.58. The van der Waals surface area contributed by atoms with Crippen LogP contribution < -0.4 is 5.32 Å². The van der Waals surface area contributed by atoms with Crippen molar-refractivity contribution in [1.82, 2.24) is 9.78 Å². The third-order valence-electron chi connectivity index (χ3n) is 8.35. The van der Waals surface area contributed by atoms with Crippen LogP contribution in [0, 0.1) is 41.9 Å². The molecule has 1 saturated carbocycles. The van der Waals surface area contributed by atoms with Crippen LogP contribution in [0.1, 0.15) is 46.8 Å². The average molecular weight is 506 g/mol. The van der Waals surface area contributed by atoms with E-state index in [1.54, 1.807) is 12.1 Å². The van der Waals surface area contributed by atoms with Gasteiger partial charge in [0.2, 0.25) is 0 Å². The van der Waals surface area contributed by atoms with E-state index in [-0.39, 0.29) is 11.8 Å². The minimum absolute atomic E-state index is 0.192. The molecule has 2 aliphatic heterocycles. The molecule has 192 valence electrons. The number of fused-ring (bicyclic) bond motifs is 1. The van der Waals surface area contributed by atoms with E-state index in [0.717, 1.165) is 35.6 Å². The molecule has 0 radical (unpaired) electrons. The summed E-state index contributed by atoms with van der Waals surface area (Å²) >= 11 is 0. The molecule has 1 saturated heterocycles. The maximum absolute atomic E-state index is 13.1. The van der Waals surface area contributed by atoms with Crippen LogP contribution in [0.3, 0.4) is 0 Å². The molecule has 38 heavy (non-hydrogen) atoms. The third-order valence-corrected chi connectivity index (χ3v) is 8.35. The Kier molecular flexibility index (Phi) is 6.00. The van der Waals surface area contributed by atoms with Crippen molar-refractivity contribution in [2.45, 2.75) is 32.1 Å². The van der Waals surface area contributed by atoms with Crippen molar-refractivity contribution >= 4 is 17.8 Å². The molecule has 1 N–H and O–H groups in total. The van der Waals surface area contributed by atoms with E-state index in [2.05, 4.69) is 28.7 Å². The van der Waals surface area contributed by atoms with E-state index >= 15 is 0 Å². The molecule has 1 aromatic heterocycles. The Bertz CT molecular complexity index is 1480. The highest BCUT2D eigenvalue weighted by atomic mass is 16.5. The molecular weight excluding hydrogens is 474 g/mol. The van der Waals surface area contributed by atoms with E-state index in [1.165, 1.54) is 0 Å². The lowest BCUT2D eigenvalue weighted by Crippen LogP contribution is -2.20. The van der Waals surface area contributed by atoms with Gasteiger partial charge in [-0.25, -0.2) is 4.68 Å². The van der Waals surface area contributed by atoms with E-state index in [9.17, 15) is 10.1 Å². The number of nitrogens with one attached hydrogen (secondary N) is 1. The first-order valence-corrected chi connectivity index (χ1v) is 13.1. The van der Waals surface area contributed by atoms with Crippen LogP contribution in [-0.2, 0) is 10.2 Å². The average Bonchev–Trinajstić information content (AvgIpc) is 3.27. The number of nitrogens with zero attached hydrogens (tertiary/aromatic N) is 4. The molecule has 3 aromatic rings. The zero-order chi connectivity index (χ0) is 26.4. The van der Waals surface area contributed by atoms with Crippen molar-refractivity contribution in [1.29, 1.82) is 5.26 Å². The summed E-state index contributed by atoms with van der Waals surface area (Å²) in [6, 6.07) is 15.4. The van der Waals surface area contributed by atoms with Crippen molar-refractivity contribution < 1.29 is 9.53 Å². The highest BCUT2D eigenvalue weighted by molar-refractivity contribution is 6.04. The van der Waals surface area contributed by atoms with Crippen molar-refractivity contribution in [3.8, 4) is 11.8 Å². The number of hydrogen-bond donors (Lipinski definition) is 1. The smallest absolute Gasteiger partial charge is 0.255 e. The van der Waals surface area contributed by atoms with Gasteiger partial charge in [0.25, 0.3) is 5.91 Å². The van der Waals surface area contributed by atoms with Crippen molar-refractivity contribution in [3.05, 3.63) is 89.4 Å². The fourth-order valence-electron chi connectivity index (χ4n) is 5.93. The van der Waals surface area contributed by atoms with Gasteiger partial charge in [0.05, 0.1) is 36.6 Å². The van der Waals surface area contributed by atoms with Gasteiger partial charge in [-0.15, -0.1) is 0 Å². The lowest BCUT2D eigenvalue weighted by atomic mass is 9.82. The summed E-state index contributed by atoms with van der Waals surface area (Å²) in [5.74, 6) is 2.38. The maximum atomic E-state index is 13.1. The summed E-state index contributed by atoms with van der Waals surface area (Å²) in [6.07, 6.45) is 10.2. The minimum atomic E-state index is -0.672. The number of hydrogen-bond acceptors (Lipinski definition) is 5. The molecule has 3 heterocycles. The number of aryl methyl sites for hydroxylation is 1. The Labute approximate surface area is 222 Å². The second kappa shape index (κ2) is 9.38. The molecular formula is C31H31N5O2. The molecule has 1 amide bonds. The Morgan fingerprint density at radius 1 is 1.18 bits per heavy atom. The molecule has 4 atom stereocenters. The van der Waals surface area contributed by atoms with Gasteiger partial charge in [-0.05, 0) is 85.4 Å². The van der Waals surface area contributed by atoms with Crippen LogP contribution in [0.4, 0.5) is 5.69 Å². The Hall–Kier alpha value is -4.02. The first-order chi connectivity index (χ1) is 18.4. The van der Waals surface area contributed by atoms with Gasteiger partial charge in [0.15, 0.2) is 0 Å². The van der Waals surface area contributed by atoms with Crippen LogP contribution in [0.2, 0.25) is 0 Å². The first kappa shape index (κ1) is 24.3. The lowest BCUT2D eigenvalue weighted by Gasteiger charge is -2.24. The van der Waals surface area contributed by atoms with Crippen molar-refractivity contribution in [2.24, 2.45) is 28.7 Å². The number of carbonyl (C=O) groups excluding carboxylic acids is 1. The topological polar surface area (TPSA) is 92.3 Å². The summed E-state index contributed by atoms with van der Waals surface area (Å²) in [7, 11) is 0. The number of anilines is 1. The van der Waals surface area contributed by atoms with Gasteiger partial charge >= 0.3 is 0 Å². The monoisotopic (exact) mass is 505 g/mol. The molecule has 3 aliphatic rings. The van der Waals surface area contributed by atoms with E-state index < -0.39 is 5.41 Å². The molecule has 7 heteroatoms. The zero-order valence-electron chi connectivity index (χ0n) is 21.8. The Morgan fingerprint density at radius 2 is 2.00 bits per heavy atom. The van der Waals surface area contributed by atoms with Crippen LogP contribution in [-0.4, -0.2) is 35.1 Å². The van der Waals surface area contributed by atoms with Gasteiger partial charge in [-0.3, -0.25) is 9.79 Å². The summed E-state index contributed by atoms with van der Waals surface area (Å²) in [6.45, 7) is 7.48. The van der Waals surface area contributed by atoms with Gasteiger partial charge in [0, 0.05) is 35.8 Å². The Morgan fingerprint density at radius 3 is 2.79 bits per heavy atom. The molecule has 2 aromatic carbocycles. The minimum Gasteiger partial charge on any atom is -0.381 e. The van der Waals surface area contributed by atoms with E-state index in [1.807, 2.05) is 74.4 Å². The molecule has 0 spiro atoms. The number of allylic oxidation sites excluding steroid dienone is 1. The number of rotatable bonds is 6. The molecule has 2 fully saturated rings. The summed E-state index contributed by atoms with van der Waals surface area (Å²) in [4.78, 5) is 17.5. The molecule has 4 unspecified atom stereocenters. The van der Waals surface area contributed by atoms with E-state index in [4.69, 9.17) is 9.84 Å². The maximum Gasteiger partial charge on any atom is 0.255 e. The predicted molar refractivity (Wildman–Crippen MR) is 146 cm³/mol. The van der Waals surface area contributed by atoms with Crippen molar-refractivity contribution in [3.63, 3.8) is 0 Å². The van der Waals surface area contributed by atoms with Crippen LogP contribution in [0.25, 0.3) is 5.69 Å². The van der Waals surface area contributed by atoms with Crippen LogP contribution in [0.5, 0.6) is 0 Å². The molecule has 6 rings (SSSR count). The van der Waals surface area contributed by atoms with Gasteiger partial charge in [-0.1, -0.05) is 24.3 Å². The molecule has 1 aliphatic carbocycles. The number of aliphatic imine (C=N–C) groups is 1. The van der Waals surface area contributed by atoms with E-state index in [0.29, 0.717) is 34.9 Å². The summed E-state index contributed by atoms with van der Waals surface area (Å²) in [5.41, 5.74) is 4.43.